The number of ether oxygens (including phenoxy) is 1. The van der Waals surface area contributed by atoms with Crippen LogP contribution in [0.2, 0.25) is 0 Å². The van der Waals surface area contributed by atoms with Crippen LogP contribution in [0.5, 0.6) is 0 Å². The predicted octanol–water partition coefficient (Wildman–Crippen LogP) is 3.80. The molecule has 0 aromatic rings. The SMILES string of the molecule is CC1CCCCC1NCC1CCN(C(=O)OC(C)(C)C)CC1. The van der Waals surface area contributed by atoms with Gasteiger partial charge in [-0.05, 0) is 64.8 Å². The molecule has 22 heavy (non-hydrogen) atoms. The third-order valence-electron chi connectivity index (χ3n) is 5.05. The minimum Gasteiger partial charge on any atom is -0.444 e. The zero-order valence-electron chi connectivity index (χ0n) is 14.9. The van der Waals surface area contributed by atoms with Crippen molar-refractivity contribution in [3.63, 3.8) is 0 Å². The maximum atomic E-state index is 12.1. The zero-order chi connectivity index (χ0) is 16.2. The summed E-state index contributed by atoms with van der Waals surface area (Å²) in [6.45, 7) is 10.9. The Kier molecular flexibility index (Phi) is 6.13. The summed E-state index contributed by atoms with van der Waals surface area (Å²) in [6.07, 6.45) is 7.50. The quantitative estimate of drug-likeness (QED) is 0.862. The molecular weight excluding hydrogens is 276 g/mol. The highest BCUT2D eigenvalue weighted by Crippen LogP contribution is 2.25. The highest BCUT2D eigenvalue weighted by atomic mass is 16.6. The Morgan fingerprint density at radius 3 is 2.36 bits per heavy atom. The lowest BCUT2D eigenvalue weighted by Crippen LogP contribution is -2.45. The first-order valence-electron chi connectivity index (χ1n) is 9.06. The molecule has 4 heteroatoms. The summed E-state index contributed by atoms with van der Waals surface area (Å²) in [5, 5.41) is 3.79. The zero-order valence-corrected chi connectivity index (χ0v) is 14.9. The number of nitrogens with one attached hydrogen (secondary N) is 1. The first-order chi connectivity index (χ1) is 10.3. The Labute approximate surface area is 136 Å². The number of hydrogen-bond acceptors (Lipinski definition) is 3. The second-order valence-electron chi connectivity index (χ2n) is 8.19. The van der Waals surface area contributed by atoms with Crippen LogP contribution >= 0.6 is 0 Å². The Morgan fingerprint density at radius 1 is 1.14 bits per heavy atom. The van der Waals surface area contributed by atoms with Crippen LogP contribution in [0.15, 0.2) is 0 Å². The van der Waals surface area contributed by atoms with Crippen molar-refractivity contribution in [3.8, 4) is 0 Å². The van der Waals surface area contributed by atoms with E-state index in [2.05, 4.69) is 12.2 Å². The van der Waals surface area contributed by atoms with Gasteiger partial charge in [-0.25, -0.2) is 4.79 Å². The maximum Gasteiger partial charge on any atom is 0.410 e. The van der Waals surface area contributed by atoms with Gasteiger partial charge in [0.05, 0.1) is 0 Å². The normalized spacial score (nSPS) is 27.7. The van der Waals surface area contributed by atoms with E-state index in [1.807, 2.05) is 25.7 Å². The Morgan fingerprint density at radius 2 is 1.77 bits per heavy atom. The monoisotopic (exact) mass is 310 g/mol. The number of rotatable bonds is 3. The van der Waals surface area contributed by atoms with E-state index >= 15 is 0 Å². The van der Waals surface area contributed by atoms with Gasteiger partial charge in [-0.1, -0.05) is 19.8 Å². The first-order valence-corrected chi connectivity index (χ1v) is 9.06. The summed E-state index contributed by atoms with van der Waals surface area (Å²) in [4.78, 5) is 13.9. The van der Waals surface area contributed by atoms with Crippen molar-refractivity contribution in [2.75, 3.05) is 19.6 Å². The lowest BCUT2D eigenvalue weighted by Gasteiger charge is -2.35. The molecular formula is C18H34N2O2. The molecule has 2 aliphatic rings. The molecule has 1 N–H and O–H groups in total. The molecule has 2 atom stereocenters. The fourth-order valence-electron chi connectivity index (χ4n) is 3.58. The number of likely N-dealkylation sites (tertiary alicyclic amines) is 1. The lowest BCUT2D eigenvalue weighted by atomic mass is 9.85. The van der Waals surface area contributed by atoms with Gasteiger partial charge in [-0.2, -0.15) is 0 Å². The third-order valence-corrected chi connectivity index (χ3v) is 5.05. The van der Waals surface area contributed by atoms with Crippen molar-refractivity contribution >= 4 is 6.09 Å². The number of hydrogen-bond donors (Lipinski definition) is 1. The van der Waals surface area contributed by atoms with E-state index in [0.29, 0.717) is 12.0 Å². The van der Waals surface area contributed by atoms with Gasteiger partial charge in [0.15, 0.2) is 0 Å². The topological polar surface area (TPSA) is 41.6 Å². The molecule has 128 valence electrons. The maximum absolute atomic E-state index is 12.1. The molecule has 2 unspecified atom stereocenters. The fourth-order valence-corrected chi connectivity index (χ4v) is 3.58. The summed E-state index contributed by atoms with van der Waals surface area (Å²) >= 11 is 0. The van der Waals surface area contributed by atoms with Crippen molar-refractivity contribution in [2.45, 2.75) is 77.9 Å². The Hall–Kier alpha value is -0.770. The van der Waals surface area contributed by atoms with E-state index in [1.165, 1.54) is 25.7 Å². The molecule has 1 saturated heterocycles. The number of carbonyl (C=O) groups excluding carboxylic acids is 1. The van der Waals surface area contributed by atoms with Gasteiger partial charge in [-0.3, -0.25) is 0 Å². The minimum atomic E-state index is -0.396. The van der Waals surface area contributed by atoms with Crippen LogP contribution in [-0.4, -0.2) is 42.3 Å². The molecule has 1 aliphatic heterocycles. The molecule has 0 aromatic carbocycles. The highest BCUT2D eigenvalue weighted by molar-refractivity contribution is 5.68. The van der Waals surface area contributed by atoms with Crippen LogP contribution in [0.4, 0.5) is 4.79 Å². The molecule has 1 saturated carbocycles. The number of nitrogens with zero attached hydrogens (tertiary/aromatic N) is 1. The molecule has 2 fully saturated rings. The fraction of sp³-hybridized carbons (Fsp3) is 0.944. The first kappa shape index (κ1) is 17.6. The van der Waals surface area contributed by atoms with Crippen molar-refractivity contribution in [3.05, 3.63) is 0 Å². The van der Waals surface area contributed by atoms with Gasteiger partial charge < -0.3 is 15.0 Å². The van der Waals surface area contributed by atoms with E-state index in [0.717, 1.165) is 38.4 Å². The minimum absolute atomic E-state index is 0.153. The van der Waals surface area contributed by atoms with Gasteiger partial charge in [-0.15, -0.1) is 0 Å². The van der Waals surface area contributed by atoms with E-state index in [1.54, 1.807) is 0 Å². The van der Waals surface area contributed by atoms with Crippen LogP contribution < -0.4 is 5.32 Å². The molecule has 0 radical (unpaired) electrons. The van der Waals surface area contributed by atoms with E-state index < -0.39 is 5.60 Å². The van der Waals surface area contributed by atoms with E-state index in [-0.39, 0.29) is 6.09 Å². The predicted molar refractivity (Wildman–Crippen MR) is 90.0 cm³/mol. The smallest absolute Gasteiger partial charge is 0.410 e. The average Bonchev–Trinajstić information content (AvgIpc) is 2.45. The summed E-state index contributed by atoms with van der Waals surface area (Å²) in [6, 6.07) is 0.706. The molecule has 4 nitrogen and oxygen atoms in total. The second-order valence-corrected chi connectivity index (χ2v) is 8.19. The van der Waals surface area contributed by atoms with Crippen molar-refractivity contribution in [1.82, 2.24) is 10.2 Å². The van der Waals surface area contributed by atoms with Gasteiger partial charge in [0.25, 0.3) is 0 Å². The van der Waals surface area contributed by atoms with Crippen LogP contribution in [0.25, 0.3) is 0 Å². The lowest BCUT2D eigenvalue weighted by molar-refractivity contribution is 0.0182. The van der Waals surface area contributed by atoms with Crippen molar-refractivity contribution in [1.29, 1.82) is 0 Å². The van der Waals surface area contributed by atoms with Crippen LogP contribution in [0, 0.1) is 11.8 Å². The molecule has 1 heterocycles. The van der Waals surface area contributed by atoms with Crippen LogP contribution in [0.1, 0.15) is 66.2 Å². The number of piperidine rings is 1. The van der Waals surface area contributed by atoms with Crippen LogP contribution in [0.3, 0.4) is 0 Å². The summed E-state index contributed by atoms with van der Waals surface area (Å²) in [7, 11) is 0. The van der Waals surface area contributed by atoms with Gasteiger partial charge >= 0.3 is 6.09 Å². The Balaban J connectivity index is 1.67. The molecule has 0 aromatic heterocycles. The average molecular weight is 310 g/mol. The summed E-state index contributed by atoms with van der Waals surface area (Å²) < 4.78 is 5.45. The third kappa shape index (κ3) is 5.45. The van der Waals surface area contributed by atoms with E-state index in [9.17, 15) is 4.79 Å². The molecule has 1 amide bonds. The molecule has 2 rings (SSSR count). The highest BCUT2D eigenvalue weighted by Gasteiger charge is 2.28. The van der Waals surface area contributed by atoms with Gasteiger partial charge in [0.2, 0.25) is 0 Å². The van der Waals surface area contributed by atoms with E-state index in [4.69, 9.17) is 4.74 Å². The molecule has 1 aliphatic carbocycles. The van der Waals surface area contributed by atoms with Gasteiger partial charge in [0.1, 0.15) is 5.60 Å². The summed E-state index contributed by atoms with van der Waals surface area (Å²) in [5.74, 6) is 1.52. The van der Waals surface area contributed by atoms with Crippen molar-refractivity contribution in [2.24, 2.45) is 11.8 Å². The number of amides is 1. The van der Waals surface area contributed by atoms with Gasteiger partial charge in [0, 0.05) is 19.1 Å². The largest absolute Gasteiger partial charge is 0.444 e. The summed E-state index contributed by atoms with van der Waals surface area (Å²) in [5.41, 5.74) is -0.396. The van der Waals surface area contributed by atoms with Crippen molar-refractivity contribution < 1.29 is 9.53 Å². The second kappa shape index (κ2) is 7.67. The molecule has 0 spiro atoms. The Bertz CT molecular complexity index is 357. The molecule has 0 bridgehead atoms. The number of carbonyl (C=O) groups is 1. The van der Waals surface area contributed by atoms with Crippen LogP contribution in [-0.2, 0) is 4.74 Å². The standard InChI is InChI=1S/C18H34N2O2/c1-14-7-5-6-8-16(14)19-13-15-9-11-20(12-10-15)17(21)22-18(2,3)4/h14-16,19H,5-13H2,1-4H3.